The third-order valence-electron chi connectivity index (χ3n) is 3.58. The fourth-order valence-corrected chi connectivity index (χ4v) is 2.26. The molecule has 2 rings (SSSR count). The average Bonchev–Trinajstić information content (AvgIpc) is 2.62. The molecule has 114 valence electrons. The molecule has 5 nitrogen and oxygen atoms in total. The van der Waals surface area contributed by atoms with E-state index in [9.17, 15) is 4.79 Å². The Hall–Kier alpha value is -3.09. The van der Waals surface area contributed by atoms with Crippen molar-refractivity contribution in [2.45, 2.75) is 12.8 Å². The van der Waals surface area contributed by atoms with Crippen molar-refractivity contribution in [3.63, 3.8) is 0 Å². The van der Waals surface area contributed by atoms with Crippen molar-refractivity contribution in [1.82, 2.24) is 0 Å². The van der Waals surface area contributed by atoms with E-state index in [0.717, 1.165) is 11.1 Å². The molecular weight excluding hydrogens is 288 g/mol. The molecule has 0 radical (unpaired) electrons. The summed E-state index contributed by atoms with van der Waals surface area (Å²) in [6.45, 7) is 0.104. The van der Waals surface area contributed by atoms with Gasteiger partial charge in [0.15, 0.2) is 5.78 Å². The van der Waals surface area contributed by atoms with Crippen LogP contribution in [-0.2, 0) is 0 Å². The minimum Gasteiger partial charge on any atom is -0.294 e. The van der Waals surface area contributed by atoms with Crippen molar-refractivity contribution in [2.75, 3.05) is 6.54 Å². The highest BCUT2D eigenvalue weighted by atomic mass is 16.1. The summed E-state index contributed by atoms with van der Waals surface area (Å²) in [7, 11) is 0. The van der Waals surface area contributed by atoms with Crippen molar-refractivity contribution >= 4 is 5.78 Å². The van der Waals surface area contributed by atoms with Gasteiger partial charge in [0.25, 0.3) is 0 Å². The first-order valence-corrected chi connectivity index (χ1v) is 7.33. The Labute approximate surface area is 134 Å². The van der Waals surface area contributed by atoms with E-state index in [4.69, 9.17) is 10.8 Å². The monoisotopic (exact) mass is 304 g/mol. The molecule has 0 N–H and O–H groups in total. The molecule has 0 heterocycles. The zero-order valence-corrected chi connectivity index (χ0v) is 12.6. The van der Waals surface area contributed by atoms with Crippen LogP contribution in [0.5, 0.6) is 0 Å². The fraction of sp³-hybridized carbons (Fsp3) is 0.222. The van der Waals surface area contributed by atoms with Gasteiger partial charge in [0.05, 0.1) is 12.0 Å². The normalized spacial score (nSPS) is 11.1. The van der Waals surface area contributed by atoms with Gasteiger partial charge in [-0.2, -0.15) is 5.26 Å². The Balaban J connectivity index is 1.98. The molecule has 0 bridgehead atoms. The van der Waals surface area contributed by atoms with Crippen LogP contribution in [0.4, 0.5) is 0 Å². The van der Waals surface area contributed by atoms with Gasteiger partial charge in [-0.1, -0.05) is 59.7 Å². The highest BCUT2D eigenvalue weighted by Crippen LogP contribution is 2.20. The van der Waals surface area contributed by atoms with Gasteiger partial charge in [0.1, 0.15) is 0 Å². The van der Waals surface area contributed by atoms with E-state index in [-0.39, 0.29) is 18.7 Å². The molecule has 0 aliphatic heterocycles. The highest BCUT2D eigenvalue weighted by Gasteiger charge is 2.11. The molecule has 0 amide bonds. The Morgan fingerprint density at radius 1 is 1.13 bits per heavy atom. The molecule has 0 aliphatic carbocycles. The number of rotatable bonds is 7. The minimum absolute atomic E-state index is 0.00852. The van der Waals surface area contributed by atoms with Gasteiger partial charge in [-0.3, -0.25) is 4.79 Å². The van der Waals surface area contributed by atoms with Gasteiger partial charge in [-0.05, 0) is 23.1 Å². The van der Waals surface area contributed by atoms with Crippen LogP contribution in [0.15, 0.2) is 59.7 Å². The van der Waals surface area contributed by atoms with E-state index in [1.807, 2.05) is 42.5 Å². The van der Waals surface area contributed by atoms with Crippen LogP contribution in [0.3, 0.4) is 0 Å². The van der Waals surface area contributed by atoms with Crippen molar-refractivity contribution in [1.29, 1.82) is 5.26 Å². The molecular formula is C18H16N4O. The molecule has 5 heteroatoms. The van der Waals surface area contributed by atoms with Crippen LogP contribution in [0, 0.1) is 17.2 Å². The lowest BCUT2D eigenvalue weighted by Gasteiger charge is -2.06. The molecule has 2 aromatic carbocycles. The number of hydrogen-bond acceptors (Lipinski definition) is 3. The van der Waals surface area contributed by atoms with Crippen LogP contribution in [-0.4, -0.2) is 12.3 Å². The van der Waals surface area contributed by atoms with Gasteiger partial charge in [-0.25, -0.2) is 0 Å². The van der Waals surface area contributed by atoms with E-state index >= 15 is 0 Å². The molecule has 0 fully saturated rings. The molecule has 1 atom stereocenters. The largest absolute Gasteiger partial charge is 0.294 e. The maximum atomic E-state index is 12.2. The number of hydrogen-bond donors (Lipinski definition) is 0. The van der Waals surface area contributed by atoms with Crippen LogP contribution in [0.2, 0.25) is 0 Å². The second-order valence-electron chi connectivity index (χ2n) is 5.14. The van der Waals surface area contributed by atoms with E-state index in [1.54, 1.807) is 12.1 Å². The Morgan fingerprint density at radius 2 is 1.78 bits per heavy atom. The summed E-state index contributed by atoms with van der Waals surface area (Å²) in [6, 6.07) is 19.5. The molecule has 2 aromatic rings. The number of nitrogens with zero attached hydrogens (tertiary/aromatic N) is 4. The average molecular weight is 304 g/mol. The van der Waals surface area contributed by atoms with E-state index in [2.05, 4.69) is 16.1 Å². The zero-order valence-electron chi connectivity index (χ0n) is 12.6. The summed E-state index contributed by atoms with van der Waals surface area (Å²) in [5.41, 5.74) is 11.1. The minimum atomic E-state index is -0.418. The first-order valence-electron chi connectivity index (χ1n) is 7.33. The number of carbonyl (C=O) groups is 1. The summed E-state index contributed by atoms with van der Waals surface area (Å²) in [4.78, 5) is 14.8. The summed E-state index contributed by atoms with van der Waals surface area (Å²) in [6.07, 6.45) is 0.665. The van der Waals surface area contributed by atoms with Gasteiger partial charge >= 0.3 is 0 Å². The van der Waals surface area contributed by atoms with Crippen LogP contribution >= 0.6 is 0 Å². The summed E-state index contributed by atoms with van der Waals surface area (Å²) in [5.74, 6) is -0.427. The quantitative estimate of drug-likeness (QED) is 0.319. The number of Topliss-reactive ketones (excluding diaryl/α,β-unsaturated/α-hetero) is 1. The van der Waals surface area contributed by atoms with Crippen LogP contribution in [0.25, 0.3) is 21.6 Å². The molecule has 1 unspecified atom stereocenters. The standard InChI is InChI=1S/C18H16N4O/c19-12-14(13-21-22-20)6-11-18(23)17-9-7-16(8-10-17)15-4-2-1-3-5-15/h1-5,7-10,14H,6,11,13H2. The van der Waals surface area contributed by atoms with E-state index in [1.165, 1.54) is 0 Å². The molecule has 0 spiro atoms. The lowest BCUT2D eigenvalue weighted by Crippen LogP contribution is -2.06. The van der Waals surface area contributed by atoms with Crippen molar-refractivity contribution in [3.05, 3.63) is 70.6 Å². The second-order valence-corrected chi connectivity index (χ2v) is 5.14. The van der Waals surface area contributed by atoms with Crippen LogP contribution < -0.4 is 0 Å². The number of carbonyl (C=O) groups excluding carboxylic acids is 1. The Bertz CT molecular complexity index is 741. The molecule has 23 heavy (non-hydrogen) atoms. The maximum Gasteiger partial charge on any atom is 0.162 e. The Morgan fingerprint density at radius 3 is 2.39 bits per heavy atom. The molecule has 0 aromatic heterocycles. The van der Waals surface area contributed by atoms with E-state index in [0.29, 0.717) is 12.0 Å². The van der Waals surface area contributed by atoms with Gasteiger partial charge in [-0.15, -0.1) is 0 Å². The van der Waals surface area contributed by atoms with Gasteiger partial charge in [0, 0.05) is 23.4 Å². The number of azide groups is 1. The first-order chi connectivity index (χ1) is 11.2. The first kappa shape index (κ1) is 16.3. The molecule has 0 aliphatic rings. The highest BCUT2D eigenvalue weighted by molar-refractivity contribution is 5.96. The zero-order chi connectivity index (χ0) is 16.5. The van der Waals surface area contributed by atoms with Crippen molar-refractivity contribution in [3.8, 4) is 17.2 Å². The second kappa shape index (κ2) is 8.38. The van der Waals surface area contributed by atoms with Crippen molar-refractivity contribution in [2.24, 2.45) is 11.0 Å². The van der Waals surface area contributed by atoms with E-state index < -0.39 is 5.92 Å². The lowest BCUT2D eigenvalue weighted by molar-refractivity contribution is 0.0977. The maximum absolute atomic E-state index is 12.2. The third-order valence-corrected chi connectivity index (χ3v) is 3.58. The predicted molar refractivity (Wildman–Crippen MR) is 88.6 cm³/mol. The van der Waals surface area contributed by atoms with Gasteiger partial charge in [0.2, 0.25) is 0 Å². The fourth-order valence-electron chi connectivity index (χ4n) is 2.26. The van der Waals surface area contributed by atoms with Crippen LogP contribution in [0.1, 0.15) is 23.2 Å². The lowest BCUT2D eigenvalue weighted by atomic mass is 9.98. The van der Waals surface area contributed by atoms with Crippen molar-refractivity contribution < 1.29 is 4.79 Å². The smallest absolute Gasteiger partial charge is 0.162 e. The SMILES string of the molecule is N#CC(CCC(=O)c1ccc(-c2ccccc2)cc1)CN=[N+]=[N-]. The number of benzene rings is 2. The summed E-state index contributed by atoms with van der Waals surface area (Å²) >= 11 is 0. The molecule has 0 saturated heterocycles. The summed E-state index contributed by atoms with van der Waals surface area (Å²) < 4.78 is 0. The topological polar surface area (TPSA) is 89.6 Å². The molecule has 0 saturated carbocycles. The predicted octanol–water partition coefficient (Wildman–Crippen LogP) is 4.77. The third kappa shape index (κ3) is 4.70. The summed E-state index contributed by atoms with van der Waals surface area (Å²) in [5, 5.41) is 12.3. The van der Waals surface area contributed by atoms with Gasteiger partial charge < -0.3 is 0 Å². The number of ketones is 1. The number of nitriles is 1. The Kier molecular flexibility index (Phi) is 5.93.